The summed E-state index contributed by atoms with van der Waals surface area (Å²) < 4.78 is 18.0. The van der Waals surface area contributed by atoms with Gasteiger partial charge in [-0.3, -0.25) is 14.9 Å². The van der Waals surface area contributed by atoms with Gasteiger partial charge in [0.2, 0.25) is 0 Å². The van der Waals surface area contributed by atoms with Crippen LogP contribution in [0.2, 0.25) is 0 Å². The number of hydrogen-bond donors (Lipinski definition) is 1. The van der Waals surface area contributed by atoms with Crippen molar-refractivity contribution >= 4 is 28.3 Å². The van der Waals surface area contributed by atoms with E-state index in [0.29, 0.717) is 16.4 Å². The van der Waals surface area contributed by atoms with Crippen molar-refractivity contribution in [1.29, 1.82) is 0 Å². The molecule has 0 aliphatic rings. The number of nitrogens with zero attached hydrogens (tertiary/aromatic N) is 1. The minimum atomic E-state index is -0.451. The summed E-state index contributed by atoms with van der Waals surface area (Å²) in [6, 6.07) is 4.25. The van der Waals surface area contributed by atoms with Gasteiger partial charge in [0.25, 0.3) is 5.91 Å². The summed E-state index contributed by atoms with van der Waals surface area (Å²) in [7, 11) is 1.29. The van der Waals surface area contributed by atoms with Gasteiger partial charge in [0.1, 0.15) is 5.82 Å². The number of carbonyl (C=O) groups is 2. The second-order valence-corrected chi connectivity index (χ2v) is 5.17. The molecular weight excluding hydrogens is 295 g/mol. The Hall–Kier alpha value is -2.28. The third kappa shape index (κ3) is 3.85. The number of rotatable bonds is 4. The van der Waals surface area contributed by atoms with Gasteiger partial charge in [0, 0.05) is 10.9 Å². The number of nitrogens with one attached hydrogen (secondary N) is 1. The van der Waals surface area contributed by atoms with Crippen molar-refractivity contribution in [2.75, 3.05) is 12.4 Å². The number of amides is 1. The lowest BCUT2D eigenvalue weighted by molar-refractivity contribution is -0.139. The average molecular weight is 308 g/mol. The molecular formula is C14H13FN2O3S. The Labute approximate surface area is 124 Å². The van der Waals surface area contributed by atoms with E-state index in [1.165, 1.54) is 36.6 Å². The van der Waals surface area contributed by atoms with E-state index in [2.05, 4.69) is 15.0 Å². The zero-order chi connectivity index (χ0) is 15.4. The Morgan fingerprint density at radius 3 is 2.86 bits per heavy atom. The third-order valence-corrected chi connectivity index (χ3v) is 3.57. The topological polar surface area (TPSA) is 68.3 Å². The van der Waals surface area contributed by atoms with Crippen molar-refractivity contribution in [3.05, 3.63) is 46.2 Å². The maximum absolute atomic E-state index is 13.4. The molecule has 0 saturated heterocycles. The van der Waals surface area contributed by atoms with Gasteiger partial charge in [-0.05, 0) is 24.6 Å². The van der Waals surface area contributed by atoms with Crippen LogP contribution in [0.1, 0.15) is 21.6 Å². The molecule has 0 aliphatic heterocycles. The number of methoxy groups -OCH3 is 1. The van der Waals surface area contributed by atoms with Crippen LogP contribution < -0.4 is 5.32 Å². The van der Waals surface area contributed by atoms with Crippen LogP contribution in [0.3, 0.4) is 0 Å². The lowest BCUT2D eigenvalue weighted by Crippen LogP contribution is -2.12. The van der Waals surface area contributed by atoms with E-state index in [-0.39, 0.29) is 12.0 Å². The number of aryl methyl sites for hydroxylation is 1. The summed E-state index contributed by atoms with van der Waals surface area (Å²) in [6.07, 6.45) is 0.0437. The summed E-state index contributed by atoms with van der Waals surface area (Å²) in [4.78, 5) is 27.2. The lowest BCUT2D eigenvalue weighted by Gasteiger charge is -2.03. The molecule has 5 nitrogen and oxygen atoms in total. The minimum absolute atomic E-state index is 0.0437. The van der Waals surface area contributed by atoms with Crippen LogP contribution in [0.5, 0.6) is 0 Å². The Balaban J connectivity index is 2.05. The highest BCUT2D eigenvalue weighted by molar-refractivity contribution is 7.14. The summed E-state index contributed by atoms with van der Waals surface area (Å²) >= 11 is 1.19. The standard InChI is InChI=1S/C14H13FN2O3S/c1-8-3-4-9(5-11(8)15)13(19)17-14-16-10(7-21-14)6-12(18)20-2/h3-5,7H,6H2,1-2H3,(H,16,17,19). The quantitative estimate of drug-likeness (QED) is 0.881. The van der Waals surface area contributed by atoms with Crippen LogP contribution in [0.25, 0.3) is 0 Å². The molecule has 1 aromatic carbocycles. The number of ether oxygens (including phenoxy) is 1. The first kappa shape index (κ1) is 15.1. The van der Waals surface area contributed by atoms with Crippen molar-refractivity contribution in [1.82, 2.24) is 4.98 Å². The SMILES string of the molecule is COC(=O)Cc1csc(NC(=O)c2ccc(C)c(F)c2)n1. The molecule has 1 amide bonds. The minimum Gasteiger partial charge on any atom is -0.469 e. The molecule has 21 heavy (non-hydrogen) atoms. The fourth-order valence-electron chi connectivity index (χ4n) is 1.57. The highest BCUT2D eigenvalue weighted by Gasteiger charge is 2.12. The Morgan fingerprint density at radius 1 is 1.43 bits per heavy atom. The number of halogens is 1. The molecule has 0 unspecified atom stereocenters. The second kappa shape index (κ2) is 6.45. The summed E-state index contributed by atoms with van der Waals surface area (Å²) in [5.41, 5.74) is 1.20. The summed E-state index contributed by atoms with van der Waals surface area (Å²) in [6.45, 7) is 1.62. The van der Waals surface area contributed by atoms with E-state index < -0.39 is 17.7 Å². The van der Waals surface area contributed by atoms with Gasteiger partial charge >= 0.3 is 5.97 Å². The van der Waals surface area contributed by atoms with Gasteiger partial charge in [0.05, 0.1) is 19.2 Å². The van der Waals surface area contributed by atoms with Crippen LogP contribution in [0.15, 0.2) is 23.6 Å². The predicted octanol–water partition coefficient (Wildman–Crippen LogP) is 2.56. The molecule has 0 spiro atoms. The third-order valence-electron chi connectivity index (χ3n) is 2.76. The number of aromatic nitrogens is 1. The monoisotopic (exact) mass is 308 g/mol. The van der Waals surface area contributed by atoms with Gasteiger partial charge in [-0.2, -0.15) is 0 Å². The zero-order valence-corrected chi connectivity index (χ0v) is 12.3. The highest BCUT2D eigenvalue weighted by Crippen LogP contribution is 2.18. The summed E-state index contributed by atoms with van der Waals surface area (Å²) in [5, 5.41) is 4.57. The molecule has 0 fully saturated rings. The van der Waals surface area contributed by atoms with Crippen LogP contribution in [-0.2, 0) is 16.0 Å². The molecule has 1 heterocycles. The fourth-order valence-corrected chi connectivity index (χ4v) is 2.27. The van der Waals surface area contributed by atoms with Crippen molar-refractivity contribution < 1.29 is 18.7 Å². The number of hydrogen-bond acceptors (Lipinski definition) is 5. The molecule has 0 radical (unpaired) electrons. The number of carbonyl (C=O) groups excluding carboxylic acids is 2. The maximum atomic E-state index is 13.4. The first-order chi connectivity index (χ1) is 9.99. The molecule has 0 aliphatic carbocycles. The summed E-state index contributed by atoms with van der Waals surface area (Å²) in [5.74, 6) is -1.29. The number of thiazole rings is 1. The van der Waals surface area contributed by atoms with Crippen molar-refractivity contribution in [3.8, 4) is 0 Å². The maximum Gasteiger partial charge on any atom is 0.311 e. The molecule has 1 aromatic heterocycles. The normalized spacial score (nSPS) is 10.2. The van der Waals surface area contributed by atoms with Gasteiger partial charge in [-0.25, -0.2) is 9.37 Å². The van der Waals surface area contributed by atoms with E-state index in [4.69, 9.17) is 0 Å². The van der Waals surface area contributed by atoms with E-state index in [9.17, 15) is 14.0 Å². The first-order valence-corrected chi connectivity index (χ1v) is 6.96. The van der Waals surface area contributed by atoms with Gasteiger partial charge in [0.15, 0.2) is 5.13 Å². The van der Waals surface area contributed by atoms with Crippen LogP contribution >= 0.6 is 11.3 Å². The molecule has 1 N–H and O–H groups in total. The molecule has 2 aromatic rings. The average Bonchev–Trinajstić information content (AvgIpc) is 2.88. The largest absolute Gasteiger partial charge is 0.469 e. The molecule has 110 valence electrons. The second-order valence-electron chi connectivity index (χ2n) is 4.31. The van der Waals surface area contributed by atoms with Gasteiger partial charge in [-0.1, -0.05) is 6.07 Å². The molecule has 2 rings (SSSR count). The van der Waals surface area contributed by atoms with Crippen molar-refractivity contribution in [3.63, 3.8) is 0 Å². The first-order valence-electron chi connectivity index (χ1n) is 6.08. The van der Waals surface area contributed by atoms with Crippen LogP contribution in [-0.4, -0.2) is 24.0 Å². The number of anilines is 1. The van der Waals surface area contributed by atoms with Crippen molar-refractivity contribution in [2.45, 2.75) is 13.3 Å². The number of esters is 1. The van der Waals surface area contributed by atoms with Crippen molar-refractivity contribution in [2.24, 2.45) is 0 Å². The van der Waals surface area contributed by atoms with E-state index >= 15 is 0 Å². The van der Waals surface area contributed by atoms with E-state index in [0.717, 1.165) is 0 Å². The fraction of sp³-hybridized carbons (Fsp3) is 0.214. The van der Waals surface area contributed by atoms with Crippen LogP contribution in [0, 0.1) is 12.7 Å². The zero-order valence-electron chi connectivity index (χ0n) is 11.5. The van der Waals surface area contributed by atoms with E-state index in [1.807, 2.05) is 0 Å². The molecule has 7 heteroatoms. The lowest BCUT2D eigenvalue weighted by atomic mass is 10.1. The highest BCUT2D eigenvalue weighted by atomic mass is 32.1. The van der Waals surface area contributed by atoms with E-state index in [1.54, 1.807) is 12.3 Å². The van der Waals surface area contributed by atoms with Crippen LogP contribution in [0.4, 0.5) is 9.52 Å². The smallest absolute Gasteiger partial charge is 0.311 e. The van der Waals surface area contributed by atoms with Gasteiger partial charge < -0.3 is 4.74 Å². The molecule has 0 bridgehead atoms. The molecule has 0 atom stereocenters. The number of benzene rings is 1. The molecule has 0 saturated carbocycles. The van der Waals surface area contributed by atoms with Gasteiger partial charge in [-0.15, -0.1) is 11.3 Å². The predicted molar refractivity (Wildman–Crippen MR) is 76.9 cm³/mol. The Bertz CT molecular complexity index is 685. The Kier molecular flexibility index (Phi) is 4.64. The Morgan fingerprint density at radius 2 is 2.19 bits per heavy atom.